The number of hydrogen-bond donors (Lipinski definition) is 0. The van der Waals surface area contributed by atoms with E-state index in [-0.39, 0.29) is 12.3 Å². The van der Waals surface area contributed by atoms with E-state index in [1.165, 1.54) is 18.5 Å². The highest BCUT2D eigenvalue weighted by molar-refractivity contribution is 7.88. The fraction of sp³-hybridized carbons (Fsp3) is 0.455. The summed E-state index contributed by atoms with van der Waals surface area (Å²) in [6.07, 6.45) is -0.131. The molecule has 0 N–H and O–H groups in total. The van der Waals surface area contributed by atoms with Crippen molar-refractivity contribution in [3.05, 3.63) is 59.7 Å². The Morgan fingerprint density at radius 1 is 0.900 bits per heavy atom. The summed E-state index contributed by atoms with van der Waals surface area (Å²) in [6.45, 7) is 2.01. The van der Waals surface area contributed by atoms with Gasteiger partial charge in [0.05, 0.1) is 26.5 Å². The van der Waals surface area contributed by atoms with Gasteiger partial charge in [-0.25, -0.2) is 8.42 Å². The molecular weight excluding hydrogens is 406 g/mol. The molecule has 0 heterocycles. The number of ether oxygens (including phenoxy) is 4. The third kappa shape index (κ3) is 5.95. The van der Waals surface area contributed by atoms with Gasteiger partial charge in [0.2, 0.25) is 10.0 Å². The van der Waals surface area contributed by atoms with Crippen LogP contribution in [0, 0.1) is 0 Å². The van der Waals surface area contributed by atoms with Crippen molar-refractivity contribution < 1.29 is 27.4 Å². The topological polar surface area (TPSA) is 74.3 Å². The molecular formula is C22H31NO6S. The van der Waals surface area contributed by atoms with Crippen LogP contribution >= 0.6 is 0 Å². The molecule has 8 heteroatoms. The minimum Gasteiger partial charge on any atom is -0.493 e. The summed E-state index contributed by atoms with van der Waals surface area (Å²) in [5.41, 5.74) is 1.52. The molecule has 2 aromatic rings. The van der Waals surface area contributed by atoms with Gasteiger partial charge in [-0.15, -0.1) is 0 Å². The van der Waals surface area contributed by atoms with Crippen LogP contribution in [-0.4, -0.2) is 54.0 Å². The van der Waals surface area contributed by atoms with E-state index in [1.807, 2.05) is 37.3 Å². The second-order valence-electron chi connectivity index (χ2n) is 6.75. The van der Waals surface area contributed by atoms with Crippen molar-refractivity contribution in [1.29, 1.82) is 0 Å². The first-order chi connectivity index (χ1) is 14.4. The average molecular weight is 438 g/mol. The SMILES string of the molecule is CCC(c1ccc(OC)c(OC)c1)N(CC(OC)OC)S(=O)(=O)Cc1ccccc1. The monoisotopic (exact) mass is 437 g/mol. The zero-order valence-electron chi connectivity index (χ0n) is 18.2. The largest absolute Gasteiger partial charge is 0.493 e. The maximum atomic E-state index is 13.5. The summed E-state index contributed by atoms with van der Waals surface area (Å²) < 4.78 is 49.8. The van der Waals surface area contributed by atoms with Crippen molar-refractivity contribution >= 4 is 10.0 Å². The summed E-state index contributed by atoms with van der Waals surface area (Å²) in [5.74, 6) is 1.02. The van der Waals surface area contributed by atoms with Crippen LogP contribution in [0.1, 0.15) is 30.5 Å². The van der Waals surface area contributed by atoms with Gasteiger partial charge in [0.1, 0.15) is 0 Å². The molecule has 0 aliphatic carbocycles. The van der Waals surface area contributed by atoms with Crippen molar-refractivity contribution in [3.8, 4) is 11.5 Å². The second kappa shape index (κ2) is 11.3. The van der Waals surface area contributed by atoms with Crippen LogP contribution in [0.25, 0.3) is 0 Å². The highest BCUT2D eigenvalue weighted by Crippen LogP contribution is 2.35. The lowest BCUT2D eigenvalue weighted by atomic mass is 10.0. The predicted octanol–water partition coefficient (Wildman–Crippen LogP) is 3.61. The summed E-state index contributed by atoms with van der Waals surface area (Å²) in [7, 11) is 2.42. The highest BCUT2D eigenvalue weighted by Gasteiger charge is 2.33. The first-order valence-corrected chi connectivity index (χ1v) is 11.3. The van der Waals surface area contributed by atoms with E-state index in [2.05, 4.69) is 0 Å². The van der Waals surface area contributed by atoms with Gasteiger partial charge in [-0.05, 0) is 29.7 Å². The molecule has 166 valence electrons. The van der Waals surface area contributed by atoms with Crippen LogP contribution in [0.5, 0.6) is 11.5 Å². The van der Waals surface area contributed by atoms with Crippen LogP contribution in [0.2, 0.25) is 0 Å². The second-order valence-corrected chi connectivity index (χ2v) is 8.67. The molecule has 2 aromatic carbocycles. The fourth-order valence-electron chi connectivity index (χ4n) is 3.36. The van der Waals surface area contributed by atoms with Crippen LogP contribution in [0.15, 0.2) is 48.5 Å². The Bertz CT molecular complexity index is 884. The number of methoxy groups -OCH3 is 4. The molecule has 0 amide bonds. The van der Waals surface area contributed by atoms with Crippen molar-refractivity contribution in [3.63, 3.8) is 0 Å². The Morgan fingerprint density at radius 2 is 1.53 bits per heavy atom. The molecule has 2 rings (SSSR count). The minimum absolute atomic E-state index is 0.0645. The van der Waals surface area contributed by atoms with Crippen molar-refractivity contribution in [2.45, 2.75) is 31.4 Å². The maximum Gasteiger partial charge on any atom is 0.219 e. The van der Waals surface area contributed by atoms with Crippen molar-refractivity contribution in [2.75, 3.05) is 35.0 Å². The van der Waals surface area contributed by atoms with E-state index in [1.54, 1.807) is 32.4 Å². The Morgan fingerprint density at radius 3 is 2.07 bits per heavy atom. The van der Waals surface area contributed by atoms with Crippen LogP contribution in [0.4, 0.5) is 0 Å². The molecule has 0 aromatic heterocycles. The van der Waals surface area contributed by atoms with Gasteiger partial charge in [0.15, 0.2) is 17.8 Å². The van der Waals surface area contributed by atoms with Crippen LogP contribution in [0.3, 0.4) is 0 Å². The molecule has 30 heavy (non-hydrogen) atoms. The van der Waals surface area contributed by atoms with E-state index in [9.17, 15) is 8.42 Å². The van der Waals surface area contributed by atoms with Gasteiger partial charge in [-0.1, -0.05) is 43.3 Å². The zero-order chi connectivity index (χ0) is 22.1. The van der Waals surface area contributed by atoms with Crippen LogP contribution in [-0.2, 0) is 25.2 Å². The van der Waals surface area contributed by atoms with Gasteiger partial charge in [-0.3, -0.25) is 0 Å². The normalized spacial score (nSPS) is 12.9. The number of hydrogen-bond acceptors (Lipinski definition) is 6. The van der Waals surface area contributed by atoms with Gasteiger partial charge in [0, 0.05) is 20.3 Å². The van der Waals surface area contributed by atoms with E-state index in [0.717, 1.165) is 11.1 Å². The van der Waals surface area contributed by atoms with E-state index < -0.39 is 22.4 Å². The Hall–Kier alpha value is -2.13. The standard InChI is InChI=1S/C22H31NO6S/c1-6-19(18-12-13-20(26-2)21(14-18)27-3)23(15-22(28-4)29-5)30(24,25)16-17-10-8-7-9-11-17/h7-14,19,22H,6,15-16H2,1-5H3. The molecule has 0 aliphatic heterocycles. The van der Waals surface area contributed by atoms with Crippen LogP contribution < -0.4 is 9.47 Å². The van der Waals surface area contributed by atoms with Gasteiger partial charge >= 0.3 is 0 Å². The first kappa shape index (κ1) is 24.1. The van der Waals surface area contributed by atoms with E-state index >= 15 is 0 Å². The minimum atomic E-state index is -3.68. The average Bonchev–Trinajstić information content (AvgIpc) is 2.76. The van der Waals surface area contributed by atoms with E-state index in [0.29, 0.717) is 17.9 Å². The summed E-state index contributed by atoms with van der Waals surface area (Å²) in [5, 5.41) is 0. The van der Waals surface area contributed by atoms with E-state index in [4.69, 9.17) is 18.9 Å². The molecule has 0 saturated heterocycles. The molecule has 0 radical (unpaired) electrons. The summed E-state index contributed by atoms with van der Waals surface area (Å²) in [4.78, 5) is 0. The molecule has 0 bridgehead atoms. The molecule has 7 nitrogen and oxygen atoms in total. The quantitative estimate of drug-likeness (QED) is 0.472. The highest BCUT2D eigenvalue weighted by atomic mass is 32.2. The third-order valence-corrected chi connectivity index (χ3v) is 6.75. The zero-order valence-corrected chi connectivity index (χ0v) is 19.0. The maximum absolute atomic E-state index is 13.5. The molecule has 0 fully saturated rings. The lowest BCUT2D eigenvalue weighted by Crippen LogP contribution is -2.42. The molecule has 0 aliphatic rings. The summed E-state index contributed by atoms with van der Waals surface area (Å²) >= 11 is 0. The molecule has 0 spiro atoms. The smallest absolute Gasteiger partial charge is 0.219 e. The van der Waals surface area contributed by atoms with Gasteiger partial charge in [0.25, 0.3) is 0 Å². The molecule has 1 atom stereocenters. The number of benzene rings is 2. The van der Waals surface area contributed by atoms with Gasteiger partial charge < -0.3 is 18.9 Å². The number of sulfonamides is 1. The Labute approximate surface area is 179 Å². The summed E-state index contributed by atoms with van der Waals surface area (Å²) in [6, 6.07) is 14.1. The molecule has 0 saturated carbocycles. The van der Waals surface area contributed by atoms with Gasteiger partial charge in [-0.2, -0.15) is 4.31 Å². The lowest BCUT2D eigenvalue weighted by molar-refractivity contribution is -0.111. The number of rotatable bonds is 12. The van der Waals surface area contributed by atoms with Crippen molar-refractivity contribution in [2.24, 2.45) is 0 Å². The first-order valence-electron chi connectivity index (χ1n) is 9.71. The fourth-order valence-corrected chi connectivity index (χ4v) is 5.15. The third-order valence-electron chi connectivity index (χ3n) is 4.93. The predicted molar refractivity (Wildman–Crippen MR) is 116 cm³/mol. The number of nitrogens with zero attached hydrogens (tertiary/aromatic N) is 1. The molecule has 1 unspecified atom stereocenters. The van der Waals surface area contributed by atoms with Crippen molar-refractivity contribution in [1.82, 2.24) is 4.31 Å². The lowest BCUT2D eigenvalue weighted by Gasteiger charge is -2.33. The Balaban J connectivity index is 2.48. The Kier molecular flexibility index (Phi) is 9.10.